The van der Waals surface area contributed by atoms with Crippen molar-refractivity contribution in [3.05, 3.63) is 42.6 Å². The van der Waals surface area contributed by atoms with Gasteiger partial charge in [-0.15, -0.1) is 0 Å². The monoisotopic (exact) mass is 244 g/mol. The quantitative estimate of drug-likeness (QED) is 0.875. The van der Waals surface area contributed by atoms with Crippen molar-refractivity contribution in [1.29, 1.82) is 0 Å². The van der Waals surface area contributed by atoms with Gasteiger partial charge >= 0.3 is 0 Å². The Morgan fingerprint density at radius 1 is 1.22 bits per heavy atom. The van der Waals surface area contributed by atoms with E-state index in [-0.39, 0.29) is 6.04 Å². The summed E-state index contributed by atoms with van der Waals surface area (Å²) in [5, 5.41) is 3.31. The SMILES string of the molecule is CCOc1ccc(NC(C)c2cnccn2)cn1. The lowest BCUT2D eigenvalue weighted by atomic mass is 10.2. The molecule has 0 radical (unpaired) electrons. The van der Waals surface area contributed by atoms with Crippen LogP contribution in [0.1, 0.15) is 25.6 Å². The highest BCUT2D eigenvalue weighted by atomic mass is 16.5. The van der Waals surface area contributed by atoms with Gasteiger partial charge in [0.2, 0.25) is 5.88 Å². The molecule has 0 saturated carbocycles. The molecule has 2 rings (SSSR count). The van der Waals surface area contributed by atoms with E-state index >= 15 is 0 Å². The average Bonchev–Trinajstić information content (AvgIpc) is 2.42. The van der Waals surface area contributed by atoms with Gasteiger partial charge in [0, 0.05) is 18.5 Å². The summed E-state index contributed by atoms with van der Waals surface area (Å²) in [4.78, 5) is 12.5. The maximum Gasteiger partial charge on any atom is 0.213 e. The maximum atomic E-state index is 5.29. The van der Waals surface area contributed by atoms with Crippen LogP contribution in [-0.2, 0) is 0 Å². The van der Waals surface area contributed by atoms with Crippen LogP contribution in [0.4, 0.5) is 5.69 Å². The molecule has 1 N–H and O–H groups in total. The Bertz CT molecular complexity index is 472. The third-order valence-electron chi connectivity index (χ3n) is 2.44. The minimum Gasteiger partial charge on any atom is -0.478 e. The molecule has 2 heterocycles. The van der Waals surface area contributed by atoms with Crippen LogP contribution in [0.3, 0.4) is 0 Å². The van der Waals surface area contributed by atoms with Gasteiger partial charge in [-0.2, -0.15) is 0 Å². The third kappa shape index (κ3) is 3.16. The van der Waals surface area contributed by atoms with Crippen LogP contribution in [0.25, 0.3) is 0 Å². The maximum absolute atomic E-state index is 5.29. The molecule has 0 aliphatic heterocycles. The zero-order chi connectivity index (χ0) is 12.8. The summed E-state index contributed by atoms with van der Waals surface area (Å²) < 4.78 is 5.29. The minimum atomic E-state index is 0.0819. The lowest BCUT2D eigenvalue weighted by molar-refractivity contribution is 0.327. The normalized spacial score (nSPS) is 11.9. The van der Waals surface area contributed by atoms with E-state index < -0.39 is 0 Å². The van der Waals surface area contributed by atoms with Gasteiger partial charge in [-0.05, 0) is 19.9 Å². The number of anilines is 1. The zero-order valence-corrected chi connectivity index (χ0v) is 10.5. The second-order valence-corrected chi connectivity index (χ2v) is 3.81. The van der Waals surface area contributed by atoms with Crippen LogP contribution >= 0.6 is 0 Å². The first kappa shape index (κ1) is 12.3. The van der Waals surface area contributed by atoms with Gasteiger partial charge in [-0.25, -0.2) is 4.98 Å². The molecule has 0 amide bonds. The molecular weight excluding hydrogens is 228 g/mol. The third-order valence-corrected chi connectivity index (χ3v) is 2.44. The Kier molecular flexibility index (Phi) is 4.06. The van der Waals surface area contributed by atoms with E-state index in [2.05, 4.69) is 20.3 Å². The molecule has 0 spiro atoms. The molecule has 2 aromatic rings. The van der Waals surface area contributed by atoms with E-state index in [1.807, 2.05) is 26.0 Å². The lowest BCUT2D eigenvalue weighted by Gasteiger charge is -2.14. The molecule has 0 saturated heterocycles. The van der Waals surface area contributed by atoms with Crippen molar-refractivity contribution in [2.24, 2.45) is 0 Å². The highest BCUT2D eigenvalue weighted by Crippen LogP contribution is 2.17. The molecule has 1 unspecified atom stereocenters. The summed E-state index contributed by atoms with van der Waals surface area (Å²) in [6.45, 7) is 4.58. The van der Waals surface area contributed by atoms with Crippen LogP contribution in [0.2, 0.25) is 0 Å². The van der Waals surface area contributed by atoms with Gasteiger partial charge in [0.05, 0.1) is 36.4 Å². The number of ether oxygens (including phenoxy) is 1. The highest BCUT2D eigenvalue weighted by Gasteiger charge is 2.06. The van der Waals surface area contributed by atoms with Gasteiger partial charge in [0.1, 0.15) is 0 Å². The summed E-state index contributed by atoms with van der Waals surface area (Å²) in [6, 6.07) is 3.86. The summed E-state index contributed by atoms with van der Waals surface area (Å²) in [5.41, 5.74) is 1.82. The summed E-state index contributed by atoms with van der Waals surface area (Å²) in [6.07, 6.45) is 6.84. The standard InChI is InChI=1S/C13H16N4O/c1-3-18-13-5-4-11(8-16-13)17-10(2)12-9-14-6-7-15-12/h4-10,17H,3H2,1-2H3. The van der Waals surface area contributed by atoms with Gasteiger partial charge in [-0.3, -0.25) is 9.97 Å². The van der Waals surface area contributed by atoms with Crippen molar-refractivity contribution >= 4 is 5.69 Å². The van der Waals surface area contributed by atoms with E-state index in [1.54, 1.807) is 24.8 Å². The van der Waals surface area contributed by atoms with Crippen LogP contribution in [-0.4, -0.2) is 21.6 Å². The molecule has 0 aromatic carbocycles. The first-order chi connectivity index (χ1) is 8.79. The van der Waals surface area contributed by atoms with Crippen molar-refractivity contribution in [3.63, 3.8) is 0 Å². The van der Waals surface area contributed by atoms with Gasteiger partial charge < -0.3 is 10.1 Å². The van der Waals surface area contributed by atoms with E-state index in [0.717, 1.165) is 11.4 Å². The van der Waals surface area contributed by atoms with E-state index in [1.165, 1.54) is 0 Å². The summed E-state index contributed by atoms with van der Waals surface area (Å²) >= 11 is 0. The smallest absolute Gasteiger partial charge is 0.213 e. The van der Waals surface area contributed by atoms with Gasteiger partial charge in [-0.1, -0.05) is 0 Å². The van der Waals surface area contributed by atoms with Crippen molar-refractivity contribution in [2.75, 3.05) is 11.9 Å². The Balaban J connectivity index is 2.01. The molecular formula is C13H16N4O. The molecule has 94 valence electrons. The molecule has 0 aliphatic carbocycles. The van der Waals surface area contributed by atoms with Gasteiger partial charge in [0.15, 0.2) is 0 Å². The fourth-order valence-electron chi connectivity index (χ4n) is 1.56. The zero-order valence-electron chi connectivity index (χ0n) is 10.5. The second-order valence-electron chi connectivity index (χ2n) is 3.81. The molecule has 1 atom stereocenters. The molecule has 2 aromatic heterocycles. The first-order valence-corrected chi connectivity index (χ1v) is 5.91. The Labute approximate surface area is 106 Å². The predicted octanol–water partition coefficient (Wildman–Crippen LogP) is 2.44. The first-order valence-electron chi connectivity index (χ1n) is 5.91. The Morgan fingerprint density at radius 2 is 2.11 bits per heavy atom. The number of nitrogens with zero attached hydrogens (tertiary/aromatic N) is 3. The number of hydrogen-bond donors (Lipinski definition) is 1. The van der Waals surface area contributed by atoms with Crippen molar-refractivity contribution < 1.29 is 4.74 Å². The van der Waals surface area contributed by atoms with Crippen molar-refractivity contribution in [3.8, 4) is 5.88 Å². The topological polar surface area (TPSA) is 59.9 Å². The number of pyridine rings is 1. The van der Waals surface area contributed by atoms with Crippen LogP contribution in [0, 0.1) is 0 Å². The minimum absolute atomic E-state index is 0.0819. The molecule has 0 aliphatic rings. The van der Waals surface area contributed by atoms with Gasteiger partial charge in [0.25, 0.3) is 0 Å². The summed E-state index contributed by atoms with van der Waals surface area (Å²) in [7, 11) is 0. The van der Waals surface area contributed by atoms with Crippen LogP contribution in [0.15, 0.2) is 36.9 Å². The lowest BCUT2D eigenvalue weighted by Crippen LogP contribution is -2.08. The van der Waals surface area contributed by atoms with Crippen molar-refractivity contribution in [1.82, 2.24) is 15.0 Å². The fourth-order valence-corrected chi connectivity index (χ4v) is 1.56. The number of aromatic nitrogens is 3. The fraction of sp³-hybridized carbons (Fsp3) is 0.308. The predicted molar refractivity (Wildman–Crippen MR) is 69.5 cm³/mol. The van der Waals surface area contributed by atoms with E-state index in [9.17, 15) is 0 Å². The second kappa shape index (κ2) is 5.95. The molecule has 0 fully saturated rings. The van der Waals surface area contributed by atoms with Crippen molar-refractivity contribution in [2.45, 2.75) is 19.9 Å². The van der Waals surface area contributed by atoms with E-state index in [0.29, 0.717) is 12.5 Å². The van der Waals surface area contributed by atoms with Crippen LogP contribution < -0.4 is 10.1 Å². The Hall–Kier alpha value is -2.17. The Morgan fingerprint density at radius 3 is 2.72 bits per heavy atom. The summed E-state index contributed by atoms with van der Waals surface area (Å²) in [5.74, 6) is 0.634. The van der Waals surface area contributed by atoms with Crippen LogP contribution in [0.5, 0.6) is 5.88 Å². The highest BCUT2D eigenvalue weighted by molar-refractivity contribution is 5.43. The largest absolute Gasteiger partial charge is 0.478 e. The van der Waals surface area contributed by atoms with E-state index in [4.69, 9.17) is 4.74 Å². The average molecular weight is 244 g/mol. The molecule has 18 heavy (non-hydrogen) atoms. The number of rotatable bonds is 5. The molecule has 0 bridgehead atoms. The molecule has 5 nitrogen and oxygen atoms in total. The molecule has 5 heteroatoms. The number of hydrogen-bond acceptors (Lipinski definition) is 5. The number of nitrogens with one attached hydrogen (secondary N) is 1.